The molecule has 3 aromatic rings. The minimum atomic E-state index is -0.0415. The second-order valence-corrected chi connectivity index (χ2v) is 4.58. The van der Waals surface area contributed by atoms with Crippen LogP contribution in [-0.2, 0) is 6.54 Å². The molecule has 18 heavy (non-hydrogen) atoms. The van der Waals surface area contributed by atoms with Gasteiger partial charge in [-0.15, -0.1) is 0 Å². The smallest absolute Gasteiger partial charge is 0.275 e. The summed E-state index contributed by atoms with van der Waals surface area (Å²) in [5.41, 5.74) is 7.95. The summed E-state index contributed by atoms with van der Waals surface area (Å²) in [4.78, 5) is 12.3. The van der Waals surface area contributed by atoms with Crippen LogP contribution >= 0.6 is 11.6 Å². The average molecular weight is 262 g/mol. The number of nitrogens with zero attached hydrogens (tertiary/aromatic N) is 2. The summed E-state index contributed by atoms with van der Waals surface area (Å²) in [5, 5.41) is 0.610. The van der Waals surface area contributed by atoms with Crippen LogP contribution in [0.25, 0.3) is 16.6 Å². The lowest BCUT2D eigenvalue weighted by Gasteiger charge is -2.11. The molecule has 0 aliphatic heterocycles. The minimum Gasteiger partial charge on any atom is -0.329 e. The molecule has 0 radical (unpaired) electrons. The quantitative estimate of drug-likeness (QED) is 0.766. The molecular formula is C13H12ClN3O. The van der Waals surface area contributed by atoms with Gasteiger partial charge in [0, 0.05) is 24.3 Å². The lowest BCUT2D eigenvalue weighted by atomic mass is 10.2. The Balaban J connectivity index is 2.56. The van der Waals surface area contributed by atoms with Crippen molar-refractivity contribution in [3.05, 3.63) is 51.9 Å². The Labute approximate surface area is 108 Å². The summed E-state index contributed by atoms with van der Waals surface area (Å²) < 4.78 is 3.55. The molecule has 0 unspecified atom stereocenters. The van der Waals surface area contributed by atoms with Crippen molar-refractivity contribution in [1.82, 2.24) is 8.97 Å². The first kappa shape index (κ1) is 11.3. The second kappa shape index (κ2) is 4.15. The maximum atomic E-state index is 12.3. The van der Waals surface area contributed by atoms with E-state index < -0.39 is 0 Å². The van der Waals surface area contributed by atoms with E-state index in [1.807, 2.05) is 34.9 Å². The number of rotatable bonds is 2. The third kappa shape index (κ3) is 1.54. The van der Waals surface area contributed by atoms with Gasteiger partial charge >= 0.3 is 0 Å². The standard InChI is InChI=1S/C13H12ClN3O/c14-9-3-4-10-12(8-9)17(7-5-15)13(18)11-2-1-6-16(10)11/h1-4,6,8H,5,7,15H2. The number of benzene rings is 1. The predicted molar refractivity (Wildman–Crippen MR) is 73.2 cm³/mol. The Morgan fingerprint density at radius 2 is 2.00 bits per heavy atom. The highest BCUT2D eigenvalue weighted by Crippen LogP contribution is 2.19. The van der Waals surface area contributed by atoms with Gasteiger partial charge in [-0.3, -0.25) is 4.79 Å². The molecule has 0 spiro atoms. The van der Waals surface area contributed by atoms with Gasteiger partial charge in [-0.05, 0) is 30.3 Å². The van der Waals surface area contributed by atoms with E-state index in [2.05, 4.69) is 0 Å². The Morgan fingerprint density at radius 3 is 2.78 bits per heavy atom. The van der Waals surface area contributed by atoms with E-state index >= 15 is 0 Å². The number of aromatic nitrogens is 2. The van der Waals surface area contributed by atoms with Gasteiger partial charge in [0.05, 0.1) is 11.0 Å². The highest BCUT2D eigenvalue weighted by Gasteiger charge is 2.09. The lowest BCUT2D eigenvalue weighted by molar-refractivity contribution is 0.707. The maximum absolute atomic E-state index is 12.3. The molecule has 2 heterocycles. The molecule has 0 saturated heterocycles. The van der Waals surface area contributed by atoms with Crippen LogP contribution in [0, 0.1) is 0 Å². The van der Waals surface area contributed by atoms with E-state index in [0.29, 0.717) is 23.6 Å². The molecule has 1 aromatic carbocycles. The molecule has 2 aromatic heterocycles. The van der Waals surface area contributed by atoms with Crippen molar-refractivity contribution in [2.45, 2.75) is 6.54 Å². The number of halogens is 1. The fourth-order valence-electron chi connectivity index (χ4n) is 2.28. The number of fused-ring (bicyclic) bond motifs is 3. The molecule has 2 N–H and O–H groups in total. The molecular weight excluding hydrogens is 250 g/mol. The molecule has 0 fully saturated rings. The van der Waals surface area contributed by atoms with Crippen molar-refractivity contribution in [2.75, 3.05) is 6.54 Å². The first-order chi connectivity index (χ1) is 8.72. The minimum absolute atomic E-state index is 0.0415. The highest BCUT2D eigenvalue weighted by atomic mass is 35.5. The second-order valence-electron chi connectivity index (χ2n) is 4.14. The van der Waals surface area contributed by atoms with Gasteiger partial charge in [0.25, 0.3) is 5.56 Å². The Bertz CT molecular complexity index is 788. The zero-order chi connectivity index (χ0) is 12.7. The zero-order valence-electron chi connectivity index (χ0n) is 9.64. The van der Waals surface area contributed by atoms with Crippen LogP contribution in [0.4, 0.5) is 0 Å². The highest BCUT2D eigenvalue weighted by molar-refractivity contribution is 6.31. The predicted octanol–water partition coefficient (Wildman–Crippen LogP) is 1.87. The van der Waals surface area contributed by atoms with Crippen molar-refractivity contribution < 1.29 is 0 Å². The van der Waals surface area contributed by atoms with E-state index in [4.69, 9.17) is 17.3 Å². The number of hydrogen-bond acceptors (Lipinski definition) is 2. The first-order valence-corrected chi connectivity index (χ1v) is 6.09. The number of hydrogen-bond donors (Lipinski definition) is 1. The van der Waals surface area contributed by atoms with Crippen molar-refractivity contribution in [2.24, 2.45) is 5.73 Å². The summed E-state index contributed by atoms with van der Waals surface area (Å²) in [6.45, 7) is 0.899. The zero-order valence-corrected chi connectivity index (χ0v) is 10.4. The molecule has 0 atom stereocenters. The van der Waals surface area contributed by atoms with E-state index in [9.17, 15) is 4.79 Å². The summed E-state index contributed by atoms with van der Waals surface area (Å²) in [7, 11) is 0. The van der Waals surface area contributed by atoms with Crippen molar-refractivity contribution >= 4 is 28.2 Å². The summed E-state index contributed by atoms with van der Waals surface area (Å²) >= 11 is 6.01. The molecule has 92 valence electrons. The Kier molecular flexibility index (Phi) is 2.61. The Hall–Kier alpha value is -1.78. The van der Waals surface area contributed by atoms with Gasteiger partial charge in [0.2, 0.25) is 0 Å². The SMILES string of the molecule is NCCn1c(=O)c2cccn2c2ccc(Cl)cc21. The summed E-state index contributed by atoms with van der Waals surface area (Å²) in [6, 6.07) is 9.20. The first-order valence-electron chi connectivity index (χ1n) is 5.71. The summed E-state index contributed by atoms with van der Waals surface area (Å²) in [6.07, 6.45) is 1.87. The molecule has 0 aliphatic carbocycles. The van der Waals surface area contributed by atoms with Gasteiger partial charge in [-0.25, -0.2) is 0 Å². The summed E-state index contributed by atoms with van der Waals surface area (Å²) in [5.74, 6) is 0. The van der Waals surface area contributed by atoms with Gasteiger partial charge in [0.1, 0.15) is 5.52 Å². The van der Waals surface area contributed by atoms with Gasteiger partial charge in [0.15, 0.2) is 0 Å². The lowest BCUT2D eigenvalue weighted by Crippen LogP contribution is -2.25. The molecule has 0 amide bonds. The largest absolute Gasteiger partial charge is 0.329 e. The fraction of sp³-hybridized carbons (Fsp3) is 0.154. The topological polar surface area (TPSA) is 52.4 Å². The number of nitrogens with two attached hydrogens (primary N) is 1. The van der Waals surface area contributed by atoms with Crippen LogP contribution < -0.4 is 11.3 Å². The van der Waals surface area contributed by atoms with Crippen molar-refractivity contribution in [3.63, 3.8) is 0 Å². The van der Waals surface area contributed by atoms with Crippen LogP contribution in [0.5, 0.6) is 0 Å². The average Bonchev–Trinajstić information content (AvgIpc) is 2.83. The molecule has 0 saturated carbocycles. The van der Waals surface area contributed by atoms with Crippen LogP contribution in [0.15, 0.2) is 41.3 Å². The van der Waals surface area contributed by atoms with Crippen LogP contribution in [0.3, 0.4) is 0 Å². The van der Waals surface area contributed by atoms with Gasteiger partial charge in [-0.2, -0.15) is 0 Å². The normalized spacial score (nSPS) is 11.4. The van der Waals surface area contributed by atoms with E-state index in [-0.39, 0.29) is 5.56 Å². The Morgan fingerprint density at radius 1 is 1.17 bits per heavy atom. The third-order valence-corrected chi connectivity index (χ3v) is 3.29. The van der Waals surface area contributed by atoms with Crippen LogP contribution in [0.1, 0.15) is 0 Å². The fourth-order valence-corrected chi connectivity index (χ4v) is 2.45. The van der Waals surface area contributed by atoms with Crippen molar-refractivity contribution in [1.29, 1.82) is 0 Å². The third-order valence-electron chi connectivity index (χ3n) is 3.05. The van der Waals surface area contributed by atoms with E-state index in [0.717, 1.165) is 11.0 Å². The molecule has 5 heteroatoms. The molecule has 0 bridgehead atoms. The maximum Gasteiger partial charge on any atom is 0.275 e. The van der Waals surface area contributed by atoms with Gasteiger partial charge in [-0.1, -0.05) is 11.6 Å². The molecule has 0 aliphatic rings. The monoisotopic (exact) mass is 261 g/mol. The van der Waals surface area contributed by atoms with Gasteiger partial charge < -0.3 is 14.7 Å². The van der Waals surface area contributed by atoms with Crippen LogP contribution in [0.2, 0.25) is 5.02 Å². The van der Waals surface area contributed by atoms with E-state index in [1.54, 1.807) is 10.6 Å². The van der Waals surface area contributed by atoms with Crippen molar-refractivity contribution in [3.8, 4) is 0 Å². The molecule has 4 nitrogen and oxygen atoms in total. The molecule has 3 rings (SSSR count). The van der Waals surface area contributed by atoms with Crippen LogP contribution in [-0.4, -0.2) is 15.5 Å². The van der Waals surface area contributed by atoms with E-state index in [1.165, 1.54) is 0 Å².